The molecule has 60 valence electrons. The van der Waals surface area contributed by atoms with E-state index in [9.17, 15) is 22.4 Å². The van der Waals surface area contributed by atoms with Gasteiger partial charge in [0.25, 0.3) is 0 Å². The first-order valence-electron chi connectivity index (χ1n) is 2.60. The van der Waals surface area contributed by atoms with Gasteiger partial charge in [0.2, 0.25) is 0 Å². The number of hydrogen-bond donors (Lipinski definition) is 0. The molecule has 0 aliphatic heterocycles. The van der Waals surface area contributed by atoms with Crippen molar-refractivity contribution in [2.24, 2.45) is 0 Å². The summed E-state index contributed by atoms with van der Waals surface area (Å²) >= 11 is 0. The number of carbonyl (C=O) groups is 1. The Kier molecular flexibility index (Phi) is 3.32. The van der Waals surface area contributed by atoms with Crippen LogP contribution in [0, 0.1) is 0 Å². The van der Waals surface area contributed by atoms with Crippen LogP contribution in [-0.2, 0) is 4.79 Å². The van der Waals surface area contributed by atoms with Gasteiger partial charge in [-0.3, -0.25) is 0 Å². The van der Waals surface area contributed by atoms with Crippen molar-refractivity contribution < 1.29 is 22.4 Å². The Balaban J connectivity index is 3.74. The molecule has 0 spiro atoms. The third-order valence-corrected chi connectivity index (χ3v) is 0.915. The molecule has 5 heteroatoms. The molecule has 0 amide bonds. The SMILES string of the molecule is O=CCCC(F)(F)C(F)F. The van der Waals surface area contributed by atoms with Crippen LogP contribution in [0.25, 0.3) is 0 Å². The Morgan fingerprint density at radius 1 is 1.40 bits per heavy atom. The Hall–Kier alpha value is -0.610. The van der Waals surface area contributed by atoms with Crippen molar-refractivity contribution in [3.8, 4) is 0 Å². The molecule has 0 unspecified atom stereocenters. The minimum Gasteiger partial charge on any atom is -0.303 e. The minimum absolute atomic E-state index is 0.191. The summed E-state index contributed by atoms with van der Waals surface area (Å²) in [6.45, 7) is 0. The number of halogens is 4. The number of hydrogen-bond acceptors (Lipinski definition) is 1. The molecule has 0 atom stereocenters. The Bertz CT molecular complexity index is 112. The average Bonchev–Trinajstić information content (AvgIpc) is 1.84. The minimum atomic E-state index is -4.01. The predicted molar refractivity (Wildman–Crippen MR) is 26.2 cm³/mol. The van der Waals surface area contributed by atoms with Gasteiger partial charge in [-0.15, -0.1) is 0 Å². The zero-order chi connectivity index (χ0) is 8.20. The molecule has 1 nitrogen and oxygen atoms in total. The molecule has 0 aromatic rings. The lowest BCUT2D eigenvalue weighted by molar-refractivity contribution is -0.136. The summed E-state index contributed by atoms with van der Waals surface area (Å²) in [7, 11) is 0. The second kappa shape index (κ2) is 3.53. The van der Waals surface area contributed by atoms with Gasteiger partial charge in [0.05, 0.1) is 0 Å². The molecule has 0 heterocycles. The van der Waals surface area contributed by atoms with Gasteiger partial charge >= 0.3 is 12.3 Å². The summed E-state index contributed by atoms with van der Waals surface area (Å²) in [6, 6.07) is 0. The second-order valence-electron chi connectivity index (χ2n) is 1.77. The zero-order valence-electron chi connectivity index (χ0n) is 4.99. The van der Waals surface area contributed by atoms with Crippen LogP contribution < -0.4 is 0 Å². The van der Waals surface area contributed by atoms with E-state index in [4.69, 9.17) is 0 Å². The van der Waals surface area contributed by atoms with Crippen LogP contribution in [-0.4, -0.2) is 18.6 Å². The van der Waals surface area contributed by atoms with E-state index < -0.39 is 25.2 Å². The Labute approximate surface area is 55.0 Å². The van der Waals surface area contributed by atoms with Gasteiger partial charge in [0.15, 0.2) is 0 Å². The maximum absolute atomic E-state index is 11.8. The highest BCUT2D eigenvalue weighted by Crippen LogP contribution is 2.27. The van der Waals surface area contributed by atoms with Crippen molar-refractivity contribution in [1.29, 1.82) is 0 Å². The summed E-state index contributed by atoms with van der Waals surface area (Å²) in [5.41, 5.74) is 0. The zero-order valence-corrected chi connectivity index (χ0v) is 4.99. The van der Waals surface area contributed by atoms with Crippen LogP contribution in [0.15, 0.2) is 0 Å². The lowest BCUT2D eigenvalue weighted by Gasteiger charge is -2.12. The molecule has 0 rings (SSSR count). The van der Waals surface area contributed by atoms with Gasteiger partial charge in [-0.05, 0) is 0 Å². The fourth-order valence-corrected chi connectivity index (χ4v) is 0.360. The Morgan fingerprint density at radius 2 is 1.90 bits per heavy atom. The standard InChI is InChI=1S/C5H6F4O/c6-4(7)5(8,9)2-1-3-10/h3-4H,1-2H2. The summed E-state index contributed by atoms with van der Waals surface area (Å²) in [4.78, 5) is 9.50. The van der Waals surface area contributed by atoms with Crippen molar-refractivity contribution in [2.75, 3.05) is 0 Å². The second-order valence-corrected chi connectivity index (χ2v) is 1.77. The summed E-state index contributed by atoms with van der Waals surface area (Å²) < 4.78 is 46.2. The van der Waals surface area contributed by atoms with Crippen LogP contribution in [0.1, 0.15) is 12.8 Å². The predicted octanol–water partition coefficient (Wildman–Crippen LogP) is 1.87. The van der Waals surface area contributed by atoms with Gasteiger partial charge in [-0.2, -0.15) is 0 Å². The molecule has 0 saturated carbocycles. The fourth-order valence-electron chi connectivity index (χ4n) is 0.360. The fraction of sp³-hybridized carbons (Fsp3) is 0.800. The van der Waals surface area contributed by atoms with E-state index in [0.29, 0.717) is 0 Å². The molecule has 0 aromatic carbocycles. The quantitative estimate of drug-likeness (QED) is 0.450. The van der Waals surface area contributed by atoms with Crippen molar-refractivity contribution in [2.45, 2.75) is 25.2 Å². The molecule has 10 heavy (non-hydrogen) atoms. The summed E-state index contributed by atoms with van der Waals surface area (Å²) in [6.07, 6.45) is -5.09. The highest BCUT2D eigenvalue weighted by molar-refractivity contribution is 5.49. The summed E-state index contributed by atoms with van der Waals surface area (Å²) in [5.74, 6) is -4.01. The molecule has 0 bridgehead atoms. The highest BCUT2D eigenvalue weighted by atomic mass is 19.3. The number of rotatable bonds is 4. The maximum atomic E-state index is 11.8. The van der Waals surface area contributed by atoms with E-state index in [0.717, 1.165) is 0 Å². The van der Waals surface area contributed by atoms with Gasteiger partial charge in [-0.1, -0.05) is 0 Å². The van der Waals surface area contributed by atoms with Crippen molar-refractivity contribution >= 4 is 6.29 Å². The van der Waals surface area contributed by atoms with E-state index in [1.165, 1.54) is 0 Å². The Morgan fingerprint density at radius 3 is 2.20 bits per heavy atom. The van der Waals surface area contributed by atoms with Gasteiger partial charge in [0, 0.05) is 12.8 Å². The highest BCUT2D eigenvalue weighted by Gasteiger charge is 2.39. The molecule has 0 saturated heterocycles. The number of aldehydes is 1. The largest absolute Gasteiger partial charge is 0.307 e. The molecule has 0 N–H and O–H groups in total. The van der Waals surface area contributed by atoms with E-state index in [2.05, 4.69) is 0 Å². The van der Waals surface area contributed by atoms with Crippen LogP contribution >= 0.6 is 0 Å². The molecule has 0 aliphatic carbocycles. The number of alkyl halides is 4. The van der Waals surface area contributed by atoms with E-state index >= 15 is 0 Å². The number of carbonyl (C=O) groups excluding carboxylic acids is 1. The van der Waals surface area contributed by atoms with Crippen molar-refractivity contribution in [1.82, 2.24) is 0 Å². The maximum Gasteiger partial charge on any atom is 0.307 e. The van der Waals surface area contributed by atoms with Crippen molar-refractivity contribution in [3.63, 3.8) is 0 Å². The lowest BCUT2D eigenvalue weighted by Crippen LogP contribution is -2.26. The average molecular weight is 158 g/mol. The molecular weight excluding hydrogens is 152 g/mol. The molecule has 0 aromatic heterocycles. The smallest absolute Gasteiger partial charge is 0.303 e. The first-order chi connectivity index (χ1) is 4.50. The monoisotopic (exact) mass is 158 g/mol. The lowest BCUT2D eigenvalue weighted by atomic mass is 10.2. The summed E-state index contributed by atoms with van der Waals surface area (Å²) in [5, 5.41) is 0. The topological polar surface area (TPSA) is 17.1 Å². The van der Waals surface area contributed by atoms with Crippen LogP contribution in [0.2, 0.25) is 0 Å². The first kappa shape index (κ1) is 9.39. The van der Waals surface area contributed by atoms with Crippen LogP contribution in [0.5, 0.6) is 0 Å². The van der Waals surface area contributed by atoms with E-state index in [-0.39, 0.29) is 6.29 Å². The third-order valence-electron chi connectivity index (χ3n) is 0.915. The molecule has 0 fully saturated rings. The third kappa shape index (κ3) is 2.80. The van der Waals surface area contributed by atoms with E-state index in [1.54, 1.807) is 0 Å². The molecule has 0 radical (unpaired) electrons. The normalized spacial score (nSPS) is 12.1. The van der Waals surface area contributed by atoms with Crippen LogP contribution in [0.4, 0.5) is 17.6 Å². The van der Waals surface area contributed by atoms with Gasteiger partial charge in [-0.25, -0.2) is 17.6 Å². The van der Waals surface area contributed by atoms with Crippen molar-refractivity contribution in [3.05, 3.63) is 0 Å². The molecule has 0 aliphatic rings. The molecular formula is C5H6F4O. The van der Waals surface area contributed by atoms with Gasteiger partial charge in [0.1, 0.15) is 6.29 Å². The first-order valence-corrected chi connectivity index (χ1v) is 2.60. The van der Waals surface area contributed by atoms with Crippen LogP contribution in [0.3, 0.4) is 0 Å². The van der Waals surface area contributed by atoms with E-state index in [1.807, 2.05) is 0 Å². The van der Waals surface area contributed by atoms with Gasteiger partial charge < -0.3 is 4.79 Å².